The molecule has 0 radical (unpaired) electrons. The molecule has 2 aromatic rings. The van der Waals surface area contributed by atoms with E-state index in [1.54, 1.807) is 12.5 Å². The maximum absolute atomic E-state index is 5.42. The first kappa shape index (κ1) is 8.96. The highest BCUT2D eigenvalue weighted by Gasteiger charge is 2.04. The van der Waals surface area contributed by atoms with Gasteiger partial charge in [0, 0.05) is 18.9 Å². The Morgan fingerprint density at radius 2 is 2.43 bits per heavy atom. The van der Waals surface area contributed by atoms with Crippen LogP contribution in [-0.4, -0.2) is 14.5 Å². The highest BCUT2D eigenvalue weighted by molar-refractivity contribution is 4.98. The smallest absolute Gasteiger partial charge is 0.214 e. The van der Waals surface area contributed by atoms with Crippen molar-refractivity contribution in [3.05, 3.63) is 36.1 Å². The van der Waals surface area contributed by atoms with E-state index in [9.17, 15) is 0 Å². The zero-order valence-electron chi connectivity index (χ0n) is 7.97. The molecule has 2 N–H and O–H groups in total. The van der Waals surface area contributed by atoms with Gasteiger partial charge in [0.25, 0.3) is 0 Å². The van der Waals surface area contributed by atoms with Gasteiger partial charge in [0.15, 0.2) is 0 Å². The lowest BCUT2D eigenvalue weighted by atomic mass is 10.5. The number of hydrogen-bond donors (Lipinski definition) is 1. The Kier molecular flexibility index (Phi) is 2.32. The molecule has 0 aliphatic carbocycles. The summed E-state index contributed by atoms with van der Waals surface area (Å²) in [6, 6.07) is 0. The number of nitrogens with two attached hydrogens (primary N) is 1. The average molecular weight is 192 g/mol. The molecular formula is C9H12N4O. The van der Waals surface area contributed by atoms with Crippen LogP contribution >= 0.6 is 0 Å². The summed E-state index contributed by atoms with van der Waals surface area (Å²) in [7, 11) is 0. The van der Waals surface area contributed by atoms with Crippen LogP contribution in [0.3, 0.4) is 0 Å². The molecule has 0 aliphatic rings. The summed E-state index contributed by atoms with van der Waals surface area (Å²) >= 11 is 0. The topological polar surface area (TPSA) is 69.9 Å². The Bertz CT molecular complexity index is 418. The van der Waals surface area contributed by atoms with E-state index in [1.165, 1.54) is 0 Å². The third-order valence-electron chi connectivity index (χ3n) is 2.04. The van der Waals surface area contributed by atoms with Gasteiger partial charge in [-0.05, 0) is 6.92 Å². The first-order chi connectivity index (χ1) is 6.79. The minimum absolute atomic E-state index is 0.409. The minimum Gasteiger partial charge on any atom is -0.447 e. The lowest BCUT2D eigenvalue weighted by molar-refractivity contribution is 0.475. The normalized spacial score (nSPS) is 10.7. The molecular weight excluding hydrogens is 180 g/mol. The van der Waals surface area contributed by atoms with Crippen molar-refractivity contribution in [1.29, 1.82) is 0 Å². The molecule has 0 aromatic carbocycles. The van der Waals surface area contributed by atoms with Gasteiger partial charge >= 0.3 is 0 Å². The summed E-state index contributed by atoms with van der Waals surface area (Å²) in [6.45, 7) is 2.95. The molecule has 0 aliphatic heterocycles. The standard InChI is InChI=1S/C9H12N4O/c1-7-11-2-3-13(7)5-9-12-8(4-10)6-14-9/h2-3,6H,4-5,10H2,1H3. The van der Waals surface area contributed by atoms with Gasteiger partial charge in [0.05, 0.1) is 5.69 Å². The molecule has 74 valence electrons. The van der Waals surface area contributed by atoms with Gasteiger partial charge in [0.1, 0.15) is 18.6 Å². The van der Waals surface area contributed by atoms with Crippen molar-refractivity contribution in [1.82, 2.24) is 14.5 Å². The lowest BCUT2D eigenvalue weighted by Gasteiger charge is -1.99. The molecule has 14 heavy (non-hydrogen) atoms. The van der Waals surface area contributed by atoms with Gasteiger partial charge in [-0.25, -0.2) is 9.97 Å². The molecule has 2 heterocycles. The Morgan fingerprint density at radius 3 is 3.00 bits per heavy atom. The van der Waals surface area contributed by atoms with Crippen LogP contribution < -0.4 is 5.73 Å². The summed E-state index contributed by atoms with van der Waals surface area (Å²) in [4.78, 5) is 8.31. The fraction of sp³-hybridized carbons (Fsp3) is 0.333. The predicted octanol–water partition coefficient (Wildman–Crippen LogP) is 0.687. The second kappa shape index (κ2) is 3.63. The van der Waals surface area contributed by atoms with Gasteiger partial charge in [-0.3, -0.25) is 0 Å². The molecule has 0 amide bonds. The Labute approximate surface area is 81.6 Å². The Morgan fingerprint density at radius 1 is 1.57 bits per heavy atom. The van der Waals surface area contributed by atoms with E-state index in [4.69, 9.17) is 10.2 Å². The largest absolute Gasteiger partial charge is 0.447 e. The molecule has 5 heteroatoms. The molecule has 0 saturated carbocycles. The summed E-state index contributed by atoms with van der Waals surface area (Å²) in [6.07, 6.45) is 5.23. The van der Waals surface area contributed by atoms with Crippen molar-refractivity contribution >= 4 is 0 Å². The van der Waals surface area contributed by atoms with E-state index in [0.29, 0.717) is 19.0 Å². The SMILES string of the molecule is Cc1nccn1Cc1nc(CN)co1. The van der Waals surface area contributed by atoms with E-state index >= 15 is 0 Å². The second-order valence-corrected chi connectivity index (χ2v) is 3.04. The number of imidazole rings is 1. The van der Waals surface area contributed by atoms with Gasteiger partial charge < -0.3 is 14.7 Å². The highest BCUT2D eigenvalue weighted by Crippen LogP contribution is 2.05. The van der Waals surface area contributed by atoms with Crippen LogP contribution in [0, 0.1) is 6.92 Å². The summed E-state index contributed by atoms with van der Waals surface area (Å²) < 4.78 is 7.21. The molecule has 2 rings (SSSR count). The molecule has 2 aromatic heterocycles. The van der Waals surface area contributed by atoms with E-state index in [0.717, 1.165) is 11.5 Å². The number of hydrogen-bond acceptors (Lipinski definition) is 4. The van der Waals surface area contributed by atoms with Crippen LogP contribution in [0.1, 0.15) is 17.4 Å². The van der Waals surface area contributed by atoms with Crippen LogP contribution in [0.15, 0.2) is 23.1 Å². The number of aryl methyl sites for hydroxylation is 1. The molecule has 0 fully saturated rings. The number of oxazole rings is 1. The minimum atomic E-state index is 0.409. The summed E-state index contributed by atoms with van der Waals surface area (Å²) in [5.41, 5.74) is 6.20. The quantitative estimate of drug-likeness (QED) is 0.776. The van der Waals surface area contributed by atoms with Crippen molar-refractivity contribution in [3.63, 3.8) is 0 Å². The van der Waals surface area contributed by atoms with E-state index in [-0.39, 0.29) is 0 Å². The lowest BCUT2D eigenvalue weighted by Crippen LogP contribution is -2.02. The zero-order valence-corrected chi connectivity index (χ0v) is 7.97. The molecule has 0 spiro atoms. The molecule has 0 bridgehead atoms. The van der Waals surface area contributed by atoms with E-state index < -0.39 is 0 Å². The first-order valence-corrected chi connectivity index (χ1v) is 4.40. The van der Waals surface area contributed by atoms with Crippen LogP contribution in [0.4, 0.5) is 0 Å². The molecule has 5 nitrogen and oxygen atoms in total. The summed E-state index contributed by atoms with van der Waals surface area (Å²) in [5.74, 6) is 1.60. The van der Waals surface area contributed by atoms with Crippen molar-refractivity contribution in [2.75, 3.05) is 0 Å². The fourth-order valence-electron chi connectivity index (χ4n) is 1.23. The molecule has 0 atom stereocenters. The fourth-order valence-corrected chi connectivity index (χ4v) is 1.23. The maximum Gasteiger partial charge on any atom is 0.214 e. The van der Waals surface area contributed by atoms with E-state index in [1.807, 2.05) is 17.7 Å². The zero-order chi connectivity index (χ0) is 9.97. The number of rotatable bonds is 3. The Balaban J connectivity index is 2.15. The van der Waals surface area contributed by atoms with Gasteiger partial charge in [-0.15, -0.1) is 0 Å². The van der Waals surface area contributed by atoms with E-state index in [2.05, 4.69) is 9.97 Å². The monoisotopic (exact) mass is 192 g/mol. The van der Waals surface area contributed by atoms with Gasteiger partial charge in [-0.1, -0.05) is 0 Å². The highest BCUT2D eigenvalue weighted by atomic mass is 16.3. The third kappa shape index (κ3) is 1.67. The molecule has 0 unspecified atom stereocenters. The maximum atomic E-state index is 5.42. The second-order valence-electron chi connectivity index (χ2n) is 3.04. The van der Waals surface area contributed by atoms with Crippen molar-refractivity contribution < 1.29 is 4.42 Å². The van der Waals surface area contributed by atoms with Crippen molar-refractivity contribution in [3.8, 4) is 0 Å². The van der Waals surface area contributed by atoms with Gasteiger partial charge in [-0.2, -0.15) is 0 Å². The Hall–Kier alpha value is -1.62. The van der Waals surface area contributed by atoms with Crippen molar-refractivity contribution in [2.24, 2.45) is 5.73 Å². The van der Waals surface area contributed by atoms with Crippen LogP contribution in [0.5, 0.6) is 0 Å². The van der Waals surface area contributed by atoms with Crippen LogP contribution in [-0.2, 0) is 13.1 Å². The van der Waals surface area contributed by atoms with Crippen molar-refractivity contribution in [2.45, 2.75) is 20.0 Å². The van der Waals surface area contributed by atoms with Crippen LogP contribution in [0.25, 0.3) is 0 Å². The average Bonchev–Trinajstić information content (AvgIpc) is 2.77. The number of aromatic nitrogens is 3. The first-order valence-electron chi connectivity index (χ1n) is 4.40. The summed E-state index contributed by atoms with van der Waals surface area (Å²) in [5, 5.41) is 0. The third-order valence-corrected chi connectivity index (χ3v) is 2.04. The predicted molar refractivity (Wildman–Crippen MR) is 50.5 cm³/mol. The van der Waals surface area contributed by atoms with Crippen LogP contribution in [0.2, 0.25) is 0 Å². The number of nitrogens with zero attached hydrogens (tertiary/aromatic N) is 3. The molecule has 0 saturated heterocycles. The van der Waals surface area contributed by atoms with Gasteiger partial charge in [0.2, 0.25) is 5.89 Å².